The summed E-state index contributed by atoms with van der Waals surface area (Å²) in [5.41, 5.74) is 8.63. The minimum Gasteiger partial charge on any atom is -0.399 e. The van der Waals surface area contributed by atoms with Gasteiger partial charge in [0.15, 0.2) is 0 Å². The third-order valence-electron chi connectivity index (χ3n) is 2.99. The van der Waals surface area contributed by atoms with Crippen molar-refractivity contribution in [2.45, 2.75) is 18.7 Å². The van der Waals surface area contributed by atoms with Gasteiger partial charge in [0.25, 0.3) is 10.0 Å². The summed E-state index contributed by atoms with van der Waals surface area (Å²) in [6, 6.07) is 13.6. The van der Waals surface area contributed by atoms with Crippen LogP contribution in [-0.4, -0.2) is 14.1 Å². The van der Waals surface area contributed by atoms with Crippen molar-refractivity contribution in [1.29, 1.82) is 0 Å². The maximum Gasteiger partial charge on any atom is 0.276 e. The number of aryl methyl sites for hydroxylation is 1. The van der Waals surface area contributed by atoms with Crippen LogP contribution in [0.2, 0.25) is 0 Å². The predicted octanol–water partition coefficient (Wildman–Crippen LogP) is 2.28. The monoisotopic (exact) mass is 303 g/mol. The number of nitrogens with two attached hydrogens (primary N) is 1. The lowest BCUT2D eigenvalue weighted by molar-refractivity contribution is 0.584. The number of anilines is 1. The highest BCUT2D eigenvalue weighted by molar-refractivity contribution is 7.89. The molecule has 0 radical (unpaired) electrons. The van der Waals surface area contributed by atoms with Gasteiger partial charge >= 0.3 is 0 Å². The molecule has 3 N–H and O–H groups in total. The van der Waals surface area contributed by atoms with Crippen LogP contribution in [0.15, 0.2) is 58.5 Å². The molecule has 0 unspecified atom stereocenters. The second kappa shape index (κ2) is 5.97. The van der Waals surface area contributed by atoms with Crippen LogP contribution in [0.5, 0.6) is 0 Å². The van der Waals surface area contributed by atoms with Crippen LogP contribution in [0, 0.1) is 6.92 Å². The van der Waals surface area contributed by atoms with Crippen molar-refractivity contribution < 1.29 is 8.42 Å². The highest BCUT2D eigenvalue weighted by atomic mass is 32.2. The van der Waals surface area contributed by atoms with E-state index in [4.69, 9.17) is 5.73 Å². The van der Waals surface area contributed by atoms with Crippen LogP contribution < -0.4 is 10.6 Å². The van der Waals surface area contributed by atoms with Crippen molar-refractivity contribution in [3.8, 4) is 0 Å². The highest BCUT2D eigenvalue weighted by Crippen LogP contribution is 2.11. The average molecular weight is 303 g/mol. The fourth-order valence-corrected chi connectivity index (χ4v) is 2.54. The second-order valence-electron chi connectivity index (χ2n) is 4.73. The summed E-state index contributed by atoms with van der Waals surface area (Å²) in [6.07, 6.45) is 0. The van der Waals surface area contributed by atoms with Gasteiger partial charge in [-0.15, -0.1) is 0 Å². The summed E-state index contributed by atoms with van der Waals surface area (Å²) in [5, 5.41) is 3.94. The summed E-state index contributed by atoms with van der Waals surface area (Å²) >= 11 is 0. The Labute approximate surface area is 124 Å². The molecule has 5 nitrogen and oxygen atoms in total. The lowest BCUT2D eigenvalue weighted by atomic mass is 10.1. The van der Waals surface area contributed by atoms with Gasteiger partial charge in [-0.3, -0.25) is 0 Å². The van der Waals surface area contributed by atoms with E-state index in [1.165, 1.54) is 24.3 Å². The number of hydrogen-bond donors (Lipinski definition) is 2. The van der Waals surface area contributed by atoms with Gasteiger partial charge < -0.3 is 5.73 Å². The first-order valence-electron chi connectivity index (χ1n) is 6.37. The van der Waals surface area contributed by atoms with Crippen molar-refractivity contribution in [2.24, 2.45) is 5.10 Å². The molecule has 0 spiro atoms. The maximum atomic E-state index is 12.1. The molecule has 0 atom stereocenters. The molecule has 0 saturated heterocycles. The first kappa shape index (κ1) is 15.1. The molecule has 21 heavy (non-hydrogen) atoms. The molecule has 0 aliphatic rings. The molecule has 0 amide bonds. The number of benzene rings is 2. The summed E-state index contributed by atoms with van der Waals surface area (Å²) in [7, 11) is -3.68. The zero-order chi connectivity index (χ0) is 15.5. The molecule has 110 valence electrons. The van der Waals surface area contributed by atoms with Gasteiger partial charge in [-0.1, -0.05) is 29.8 Å². The lowest BCUT2D eigenvalue weighted by Crippen LogP contribution is -2.20. The van der Waals surface area contributed by atoms with Crippen molar-refractivity contribution in [3.05, 3.63) is 59.7 Å². The minimum absolute atomic E-state index is 0.122. The molecule has 0 bridgehead atoms. The van der Waals surface area contributed by atoms with E-state index in [-0.39, 0.29) is 4.90 Å². The smallest absolute Gasteiger partial charge is 0.276 e. The molecule has 0 heterocycles. The topological polar surface area (TPSA) is 84.5 Å². The summed E-state index contributed by atoms with van der Waals surface area (Å²) < 4.78 is 24.1. The van der Waals surface area contributed by atoms with E-state index < -0.39 is 10.0 Å². The molecular weight excluding hydrogens is 286 g/mol. The SMILES string of the molecule is C/C(=N/NS(=O)(=O)c1ccc(N)cc1)c1ccc(C)cc1. The van der Waals surface area contributed by atoms with E-state index >= 15 is 0 Å². The zero-order valence-electron chi connectivity index (χ0n) is 11.9. The van der Waals surface area contributed by atoms with Crippen LogP contribution in [0.4, 0.5) is 5.69 Å². The van der Waals surface area contributed by atoms with E-state index in [2.05, 4.69) is 9.93 Å². The number of hydrogen-bond acceptors (Lipinski definition) is 4. The van der Waals surface area contributed by atoms with E-state index in [1.807, 2.05) is 31.2 Å². The van der Waals surface area contributed by atoms with Crippen molar-refractivity contribution in [1.82, 2.24) is 4.83 Å². The first-order valence-corrected chi connectivity index (χ1v) is 7.85. The zero-order valence-corrected chi connectivity index (χ0v) is 12.7. The van der Waals surface area contributed by atoms with Gasteiger partial charge in [0.05, 0.1) is 10.6 Å². The Bertz CT molecular complexity index is 749. The van der Waals surface area contributed by atoms with Crippen LogP contribution in [-0.2, 0) is 10.0 Å². The van der Waals surface area contributed by atoms with Gasteiger partial charge in [0.2, 0.25) is 0 Å². The van der Waals surface area contributed by atoms with Crippen LogP contribution >= 0.6 is 0 Å². The minimum atomic E-state index is -3.68. The Hall–Kier alpha value is -2.34. The largest absolute Gasteiger partial charge is 0.399 e. The first-order chi connectivity index (χ1) is 9.88. The number of nitrogens with zero attached hydrogens (tertiary/aromatic N) is 1. The highest BCUT2D eigenvalue weighted by Gasteiger charge is 2.12. The molecule has 2 aromatic carbocycles. The number of rotatable bonds is 4. The fourth-order valence-electron chi connectivity index (χ4n) is 1.69. The van der Waals surface area contributed by atoms with E-state index in [0.717, 1.165) is 11.1 Å². The lowest BCUT2D eigenvalue weighted by Gasteiger charge is -2.06. The molecule has 0 aromatic heterocycles. The third kappa shape index (κ3) is 3.82. The molecule has 2 rings (SSSR count). The van der Waals surface area contributed by atoms with Crippen molar-refractivity contribution in [2.75, 3.05) is 5.73 Å². The van der Waals surface area contributed by atoms with E-state index in [9.17, 15) is 8.42 Å². The third-order valence-corrected chi connectivity index (χ3v) is 4.22. The molecule has 0 fully saturated rings. The quantitative estimate of drug-likeness (QED) is 0.516. The van der Waals surface area contributed by atoms with Gasteiger partial charge in [-0.25, -0.2) is 0 Å². The molecule has 2 aromatic rings. The number of sulfonamides is 1. The Kier molecular flexibility index (Phi) is 4.28. The normalized spacial score (nSPS) is 12.2. The standard InChI is InChI=1S/C15H17N3O2S/c1-11-3-5-13(6-4-11)12(2)17-18-21(19,20)15-9-7-14(16)8-10-15/h3-10,18H,16H2,1-2H3/b17-12-. The number of nitrogen functional groups attached to an aromatic ring is 1. The van der Waals surface area contributed by atoms with E-state index in [0.29, 0.717) is 11.4 Å². The summed E-state index contributed by atoms with van der Waals surface area (Å²) in [4.78, 5) is 2.35. The molecule has 6 heteroatoms. The summed E-state index contributed by atoms with van der Waals surface area (Å²) in [5.74, 6) is 0. The maximum absolute atomic E-state index is 12.1. The Morgan fingerprint density at radius 1 is 1.05 bits per heavy atom. The molecular formula is C15H17N3O2S. The Balaban J connectivity index is 2.18. The van der Waals surface area contributed by atoms with Gasteiger partial charge in [0.1, 0.15) is 0 Å². The van der Waals surface area contributed by atoms with Crippen LogP contribution in [0.3, 0.4) is 0 Å². The predicted molar refractivity (Wildman–Crippen MR) is 84.6 cm³/mol. The van der Waals surface area contributed by atoms with Gasteiger partial charge in [-0.05, 0) is 43.7 Å². The van der Waals surface area contributed by atoms with Gasteiger partial charge in [0, 0.05) is 5.69 Å². The number of nitrogens with one attached hydrogen (secondary N) is 1. The van der Waals surface area contributed by atoms with Crippen molar-refractivity contribution >= 4 is 21.4 Å². The number of hydrazone groups is 1. The molecule has 0 aliphatic carbocycles. The Morgan fingerprint density at radius 3 is 2.19 bits per heavy atom. The van der Waals surface area contributed by atoms with E-state index in [1.54, 1.807) is 6.92 Å². The van der Waals surface area contributed by atoms with Gasteiger partial charge in [-0.2, -0.15) is 18.4 Å². The van der Waals surface area contributed by atoms with Crippen LogP contribution in [0.25, 0.3) is 0 Å². The average Bonchev–Trinajstić information content (AvgIpc) is 2.46. The Morgan fingerprint density at radius 2 is 1.62 bits per heavy atom. The molecule has 0 saturated carbocycles. The van der Waals surface area contributed by atoms with Crippen molar-refractivity contribution in [3.63, 3.8) is 0 Å². The fraction of sp³-hybridized carbons (Fsp3) is 0.133. The summed E-state index contributed by atoms with van der Waals surface area (Å²) in [6.45, 7) is 3.73. The molecule has 0 aliphatic heterocycles. The van der Waals surface area contributed by atoms with Crippen LogP contribution in [0.1, 0.15) is 18.1 Å². The second-order valence-corrected chi connectivity index (χ2v) is 6.39.